The van der Waals surface area contributed by atoms with E-state index in [-0.39, 0.29) is 10.8 Å². The molecule has 0 saturated carbocycles. The molecule has 8 heteroatoms. The van der Waals surface area contributed by atoms with Crippen LogP contribution >= 0.6 is 46.1 Å². The van der Waals surface area contributed by atoms with Gasteiger partial charge in [-0.05, 0) is 195 Å². The van der Waals surface area contributed by atoms with Gasteiger partial charge in [-0.25, -0.2) is 0 Å². The van der Waals surface area contributed by atoms with Gasteiger partial charge in [0, 0.05) is 69.3 Å². The predicted octanol–water partition coefficient (Wildman–Crippen LogP) is 45.6. The average Bonchev–Trinajstić information content (AvgIpc) is 1.51. The lowest BCUT2D eigenvalue weighted by Crippen LogP contribution is -2.27. The van der Waals surface area contributed by atoms with Gasteiger partial charge in [-0.15, -0.1) is 22.7 Å². The molecule has 0 unspecified atom stereocenters. The Hall–Kier alpha value is -4.60. The molecule has 4 aromatic carbocycles. The van der Waals surface area contributed by atoms with Gasteiger partial charge in [-0.2, -0.15) is 17.5 Å². The van der Waals surface area contributed by atoms with Crippen molar-refractivity contribution in [1.29, 1.82) is 0 Å². The summed E-state index contributed by atoms with van der Waals surface area (Å²) in [6.45, 7) is 23.7. The fourth-order valence-corrected chi connectivity index (χ4v) is 28.9. The first-order valence-electron chi connectivity index (χ1n) is 59.8. The van der Waals surface area contributed by atoms with E-state index in [0.29, 0.717) is 0 Å². The summed E-state index contributed by atoms with van der Waals surface area (Å²) >= 11 is 7.19. The van der Waals surface area contributed by atoms with Crippen molar-refractivity contribution >= 4 is 79.3 Å². The second-order valence-electron chi connectivity index (χ2n) is 44.5. The van der Waals surface area contributed by atoms with Crippen LogP contribution in [0.5, 0.6) is 0 Å². The number of unbranched alkanes of at least 4 members (excludes halogenated alkanes) is 64. The van der Waals surface area contributed by atoms with E-state index in [1.165, 1.54) is 629 Å². The molecule has 4 aromatic heterocycles. The molecular formula is C128H198N4S4. The molecule has 8 aromatic rings. The van der Waals surface area contributed by atoms with E-state index in [0.717, 1.165) is 11.0 Å². The summed E-state index contributed by atoms with van der Waals surface area (Å²) < 4.78 is 22.4. The maximum absolute atomic E-state index is 5.83. The molecule has 0 radical (unpaired) electrons. The normalized spacial score (nSPS) is 13.6. The first kappa shape index (κ1) is 110. The Morgan fingerprint density at radius 1 is 0.213 bits per heavy atom. The van der Waals surface area contributed by atoms with Crippen molar-refractivity contribution in [2.75, 3.05) is 0 Å². The van der Waals surface area contributed by atoms with Crippen LogP contribution in [0, 0.1) is 13.8 Å². The van der Waals surface area contributed by atoms with Gasteiger partial charge in [-0.3, -0.25) is 0 Å². The largest absolute Gasteiger partial charge is 0.173 e. The van der Waals surface area contributed by atoms with E-state index in [2.05, 4.69) is 140 Å². The summed E-state index contributed by atoms with van der Waals surface area (Å²) in [7, 11) is 0. The molecule has 0 aliphatic heterocycles. The summed E-state index contributed by atoms with van der Waals surface area (Å²) in [6.07, 6.45) is 108. The zero-order valence-corrected chi connectivity index (χ0v) is 92.9. The monoisotopic (exact) mass is 1920 g/mol. The molecule has 0 N–H and O–H groups in total. The summed E-state index contributed by atoms with van der Waals surface area (Å²) in [5.74, 6) is 0. The first-order chi connectivity index (χ1) is 67.1. The van der Waals surface area contributed by atoms with Crippen LogP contribution in [0.4, 0.5) is 0 Å². The second kappa shape index (κ2) is 62.2. The molecule has 0 spiro atoms. The van der Waals surface area contributed by atoms with Gasteiger partial charge in [0.1, 0.15) is 22.1 Å². The molecule has 4 nitrogen and oxygen atoms in total. The van der Waals surface area contributed by atoms with E-state index >= 15 is 0 Å². The fraction of sp³-hybridized carbons (Fsp3) is 0.719. The van der Waals surface area contributed by atoms with Gasteiger partial charge >= 0.3 is 0 Å². The number of benzene rings is 4. The Kier molecular flexibility index (Phi) is 50.4. The molecule has 0 atom stereocenters. The van der Waals surface area contributed by atoms with Crippen molar-refractivity contribution in [2.45, 2.75) is 594 Å². The van der Waals surface area contributed by atoms with Gasteiger partial charge < -0.3 is 0 Å². The van der Waals surface area contributed by atoms with Crippen molar-refractivity contribution in [2.24, 2.45) is 0 Å². The van der Waals surface area contributed by atoms with Crippen LogP contribution in [0.2, 0.25) is 0 Å². The van der Waals surface area contributed by atoms with Crippen molar-refractivity contribution in [3.63, 3.8) is 0 Å². The summed E-state index contributed by atoms with van der Waals surface area (Å²) in [4.78, 5) is 5.92. The Morgan fingerprint density at radius 3 is 0.779 bits per heavy atom. The molecule has 0 bridgehead atoms. The van der Waals surface area contributed by atoms with Crippen LogP contribution in [0.15, 0.2) is 59.7 Å². The number of nitrogens with zero attached hydrogens (tertiary/aromatic N) is 4. The number of rotatable bonds is 81. The Morgan fingerprint density at radius 2 is 0.463 bits per heavy atom. The van der Waals surface area contributed by atoms with Gasteiger partial charge in [0.15, 0.2) is 0 Å². The molecule has 4 aliphatic carbocycles. The molecule has 136 heavy (non-hydrogen) atoms. The topological polar surface area (TPSA) is 51.6 Å². The molecule has 4 heterocycles. The number of fused-ring (bicyclic) bond motifs is 16. The highest BCUT2D eigenvalue weighted by atomic mass is 32.1. The van der Waals surface area contributed by atoms with Crippen LogP contribution in [-0.2, 0) is 10.8 Å². The third-order valence-electron chi connectivity index (χ3n) is 33.5. The highest BCUT2D eigenvalue weighted by Gasteiger charge is 2.50. The van der Waals surface area contributed by atoms with Gasteiger partial charge in [-0.1, -0.05) is 509 Å². The molecule has 0 fully saturated rings. The molecule has 12 rings (SSSR count). The number of aromatic nitrogens is 4. The van der Waals surface area contributed by atoms with E-state index in [4.69, 9.17) is 17.5 Å². The minimum atomic E-state index is -0.201. The van der Waals surface area contributed by atoms with E-state index in [1.807, 2.05) is 0 Å². The van der Waals surface area contributed by atoms with Crippen LogP contribution < -0.4 is 0 Å². The maximum Gasteiger partial charge on any atom is 0.114 e. The number of thiophene rings is 2. The number of hydrogen-bond donors (Lipinski definition) is 0. The quantitative estimate of drug-likeness (QED) is 0.0357. The minimum absolute atomic E-state index is 0.124. The highest BCUT2D eigenvalue weighted by molar-refractivity contribution is 7.19. The van der Waals surface area contributed by atoms with Crippen LogP contribution in [0.25, 0.3) is 86.8 Å². The van der Waals surface area contributed by atoms with E-state index < -0.39 is 0 Å². The van der Waals surface area contributed by atoms with Gasteiger partial charge in [0.05, 0.1) is 23.5 Å². The standard InChI is InChI=1S/C128H198N4S4/c1-11-19-27-35-39-43-47-51-55-59-63-67-71-79-87-127(88-80-72-68-64-60-56-52-48-44-40-36-28-20-12-2)112-96-108-113(95-107(112)119-114(127)91-99(9)121-123(119)131-135-129-121)128(89-81-73-69-65-61-57-53-49-45-41-37-29-21-13-3,90-82-74-70-66-62-58-54-50-46-42-38-30-22-14-4)115-97-109(122-124(120(108)115)132-136-130-122)116-98-111-118(102(85-77-33-25-17-7)86-78-34-26-18-8)104-93-105-103(94-106(104)126(111)134-116)117(110-92-100(10)133-125(105)110)101(83-75-31-23-15-5)84-76-32-24-16-6/h91-98H,11-90H2,1-10H3. The SMILES string of the molecule is CCCCCCCCCCCCCCCCC1(CCCCCCCCCCCCCCCC)c2cc3c(cc2-c2c1cc(C)c1nsnc21)C(CCCCCCCCCCCCCCCC)(CCCCCCCCCCCCCCCC)c1cc(-c2cc4c(s2)-c2cc5c(cc2C4=C(CCCCCC)CCCCCC)-c2sc(C)cc2C5=C(CCCCCC)CCCCCC)c2nsnc2c1-3. The zero-order valence-electron chi connectivity index (χ0n) is 89.6. The van der Waals surface area contributed by atoms with Crippen LogP contribution in [0.3, 0.4) is 0 Å². The number of aryl methyl sites for hydroxylation is 2. The lowest BCUT2D eigenvalue weighted by atomic mass is 9.68. The smallest absolute Gasteiger partial charge is 0.114 e. The summed E-state index contributed by atoms with van der Waals surface area (Å²) in [5, 5.41) is 0. The van der Waals surface area contributed by atoms with Crippen molar-refractivity contribution in [1.82, 2.24) is 17.5 Å². The third-order valence-corrected chi connectivity index (χ3v) is 36.8. The zero-order chi connectivity index (χ0) is 95.0. The highest BCUT2D eigenvalue weighted by Crippen LogP contribution is 2.66. The molecule has 754 valence electrons. The van der Waals surface area contributed by atoms with E-state index in [9.17, 15) is 0 Å². The van der Waals surface area contributed by atoms with Crippen molar-refractivity contribution < 1.29 is 0 Å². The molecular weight excluding hydrogens is 1720 g/mol. The minimum Gasteiger partial charge on any atom is -0.173 e. The van der Waals surface area contributed by atoms with Crippen molar-refractivity contribution in [3.8, 4) is 53.6 Å². The Labute approximate surface area is 852 Å². The lowest BCUT2D eigenvalue weighted by molar-refractivity contribution is 0.393. The molecule has 0 amide bonds. The Bertz CT molecular complexity index is 4690. The predicted molar refractivity (Wildman–Crippen MR) is 609 cm³/mol. The van der Waals surface area contributed by atoms with Crippen LogP contribution in [-0.4, -0.2) is 17.5 Å². The maximum atomic E-state index is 5.83. The molecule has 4 aliphatic rings. The van der Waals surface area contributed by atoms with Crippen LogP contribution in [0.1, 0.15) is 624 Å². The summed E-state index contributed by atoms with van der Waals surface area (Å²) in [6, 6.07) is 22.4. The Balaban J connectivity index is 0.988. The van der Waals surface area contributed by atoms with E-state index in [1.54, 1.807) is 50.1 Å². The molecule has 0 saturated heterocycles. The van der Waals surface area contributed by atoms with Crippen molar-refractivity contribution in [3.05, 3.63) is 115 Å². The average molecular weight is 1920 g/mol. The summed E-state index contributed by atoms with van der Waals surface area (Å²) in [5.41, 5.74) is 35.1. The lowest BCUT2D eigenvalue weighted by Gasteiger charge is -2.35. The first-order valence-corrected chi connectivity index (χ1v) is 62.9. The van der Waals surface area contributed by atoms with Gasteiger partial charge in [0.25, 0.3) is 0 Å². The number of hydrogen-bond acceptors (Lipinski definition) is 8. The third kappa shape index (κ3) is 30.7. The van der Waals surface area contributed by atoms with Gasteiger partial charge in [0.2, 0.25) is 0 Å². The second-order valence-corrected chi connectivity index (χ2v) is 47.8. The number of allylic oxidation sites excluding steroid dienone is 2. The fourth-order valence-electron chi connectivity index (χ4n) is 25.5.